The van der Waals surface area contributed by atoms with Crippen LogP contribution in [0.5, 0.6) is 0 Å². The minimum absolute atomic E-state index is 0.327. The van der Waals surface area contributed by atoms with Crippen molar-refractivity contribution in [1.29, 1.82) is 0 Å². The summed E-state index contributed by atoms with van der Waals surface area (Å²) >= 11 is 1.90. The van der Waals surface area contributed by atoms with Crippen LogP contribution in [0.3, 0.4) is 0 Å². The van der Waals surface area contributed by atoms with Crippen LogP contribution in [0.2, 0.25) is 0 Å². The third-order valence-electron chi connectivity index (χ3n) is 3.35. The van der Waals surface area contributed by atoms with Gasteiger partial charge in [0.15, 0.2) is 0 Å². The molecule has 0 aliphatic carbocycles. The zero-order valence-corrected chi connectivity index (χ0v) is 11.5. The Kier molecular flexibility index (Phi) is 4.30. The second kappa shape index (κ2) is 5.76. The Balaban J connectivity index is 1.99. The summed E-state index contributed by atoms with van der Waals surface area (Å²) in [5.41, 5.74) is 2.62. The lowest BCUT2D eigenvalue weighted by atomic mass is 10.1. The van der Waals surface area contributed by atoms with E-state index in [9.17, 15) is 4.79 Å². The van der Waals surface area contributed by atoms with Crippen LogP contribution in [0, 0.1) is 6.92 Å². The smallest absolute Gasteiger partial charge is 0.335 e. The van der Waals surface area contributed by atoms with Crippen molar-refractivity contribution in [2.75, 3.05) is 6.61 Å². The highest BCUT2D eigenvalue weighted by atomic mass is 32.2. The van der Waals surface area contributed by atoms with E-state index in [0.717, 1.165) is 24.3 Å². The monoisotopic (exact) mass is 266 g/mol. The van der Waals surface area contributed by atoms with E-state index in [4.69, 9.17) is 9.84 Å². The summed E-state index contributed by atoms with van der Waals surface area (Å²) in [5.74, 6) is 0.0551. The third-order valence-corrected chi connectivity index (χ3v) is 4.87. The number of aromatic carboxylic acids is 1. The zero-order chi connectivity index (χ0) is 13.1. The molecule has 98 valence electrons. The molecule has 3 nitrogen and oxygen atoms in total. The molecule has 1 N–H and O–H groups in total. The van der Waals surface area contributed by atoms with Gasteiger partial charge in [-0.2, -0.15) is 11.8 Å². The molecule has 2 unspecified atom stereocenters. The van der Waals surface area contributed by atoms with Crippen LogP contribution in [0.4, 0.5) is 0 Å². The summed E-state index contributed by atoms with van der Waals surface area (Å²) < 4.78 is 5.54. The third kappa shape index (κ3) is 3.06. The van der Waals surface area contributed by atoms with Gasteiger partial charge >= 0.3 is 5.97 Å². The number of ether oxygens (including phenoxy) is 1. The first-order chi connectivity index (χ1) is 8.58. The van der Waals surface area contributed by atoms with E-state index >= 15 is 0 Å². The molecule has 0 spiro atoms. The average Bonchev–Trinajstić information content (AvgIpc) is 2.73. The minimum Gasteiger partial charge on any atom is -0.478 e. The SMILES string of the molecule is Cc1cc(C(=O)O)ccc1CSC1CCOC1C. The molecule has 2 rings (SSSR count). The topological polar surface area (TPSA) is 46.5 Å². The summed E-state index contributed by atoms with van der Waals surface area (Å²) in [6, 6.07) is 5.35. The maximum absolute atomic E-state index is 10.9. The Morgan fingerprint density at radius 3 is 2.89 bits per heavy atom. The van der Waals surface area contributed by atoms with Gasteiger partial charge in [0.1, 0.15) is 0 Å². The summed E-state index contributed by atoms with van der Waals surface area (Å²) in [7, 11) is 0. The first kappa shape index (κ1) is 13.4. The van der Waals surface area contributed by atoms with Gasteiger partial charge in [-0.15, -0.1) is 0 Å². The highest BCUT2D eigenvalue weighted by molar-refractivity contribution is 7.99. The second-order valence-electron chi connectivity index (χ2n) is 4.66. The van der Waals surface area contributed by atoms with Crippen molar-refractivity contribution in [1.82, 2.24) is 0 Å². The highest BCUT2D eigenvalue weighted by Gasteiger charge is 2.24. The Morgan fingerprint density at radius 2 is 2.33 bits per heavy atom. The van der Waals surface area contributed by atoms with Crippen LogP contribution in [0.15, 0.2) is 18.2 Å². The highest BCUT2D eigenvalue weighted by Crippen LogP contribution is 2.29. The van der Waals surface area contributed by atoms with Crippen molar-refractivity contribution in [3.63, 3.8) is 0 Å². The first-order valence-corrected chi connectivity index (χ1v) is 7.19. The van der Waals surface area contributed by atoms with E-state index < -0.39 is 5.97 Å². The van der Waals surface area contributed by atoms with Gasteiger partial charge < -0.3 is 9.84 Å². The van der Waals surface area contributed by atoms with Gasteiger partial charge in [-0.25, -0.2) is 4.79 Å². The lowest BCUT2D eigenvalue weighted by Crippen LogP contribution is -2.13. The molecule has 1 fully saturated rings. The molecule has 0 bridgehead atoms. The van der Waals surface area contributed by atoms with Crippen LogP contribution in [-0.2, 0) is 10.5 Å². The van der Waals surface area contributed by atoms with E-state index in [1.54, 1.807) is 12.1 Å². The second-order valence-corrected chi connectivity index (χ2v) is 5.89. The van der Waals surface area contributed by atoms with Crippen molar-refractivity contribution < 1.29 is 14.6 Å². The summed E-state index contributed by atoms with van der Waals surface area (Å²) in [5, 5.41) is 9.47. The van der Waals surface area contributed by atoms with Gasteiger partial charge in [0.25, 0.3) is 0 Å². The molecule has 18 heavy (non-hydrogen) atoms. The summed E-state index contributed by atoms with van der Waals surface area (Å²) in [6.07, 6.45) is 1.44. The van der Waals surface area contributed by atoms with E-state index in [2.05, 4.69) is 6.92 Å². The van der Waals surface area contributed by atoms with Crippen molar-refractivity contribution in [2.24, 2.45) is 0 Å². The first-order valence-electron chi connectivity index (χ1n) is 6.14. The molecule has 2 atom stereocenters. The molecule has 0 amide bonds. The van der Waals surface area contributed by atoms with Gasteiger partial charge in [-0.3, -0.25) is 0 Å². The van der Waals surface area contributed by atoms with Crippen LogP contribution in [-0.4, -0.2) is 29.0 Å². The Bertz CT molecular complexity index is 445. The van der Waals surface area contributed by atoms with E-state index in [-0.39, 0.29) is 0 Å². The van der Waals surface area contributed by atoms with Crippen LogP contribution in [0.25, 0.3) is 0 Å². The zero-order valence-electron chi connectivity index (χ0n) is 10.7. The average molecular weight is 266 g/mol. The van der Waals surface area contributed by atoms with E-state index in [1.807, 2.05) is 24.8 Å². The van der Waals surface area contributed by atoms with Crippen molar-refractivity contribution in [3.05, 3.63) is 34.9 Å². The Labute approximate surface area is 112 Å². The predicted octanol–water partition coefficient (Wildman–Crippen LogP) is 3.10. The number of carboxylic acid groups (broad SMARTS) is 1. The predicted molar refractivity (Wildman–Crippen MR) is 73.3 cm³/mol. The van der Waals surface area contributed by atoms with Crippen LogP contribution >= 0.6 is 11.8 Å². The summed E-state index contributed by atoms with van der Waals surface area (Å²) in [6.45, 7) is 4.94. The molecule has 4 heteroatoms. The number of thioether (sulfide) groups is 1. The van der Waals surface area contributed by atoms with Gasteiger partial charge in [-0.05, 0) is 43.5 Å². The minimum atomic E-state index is -0.866. The molecule has 1 aromatic rings. The fraction of sp³-hybridized carbons (Fsp3) is 0.500. The van der Waals surface area contributed by atoms with Crippen LogP contribution < -0.4 is 0 Å². The van der Waals surface area contributed by atoms with Gasteiger partial charge in [0.2, 0.25) is 0 Å². The van der Waals surface area contributed by atoms with Crippen molar-refractivity contribution >= 4 is 17.7 Å². The molecule has 1 aliphatic heterocycles. The summed E-state index contributed by atoms with van der Waals surface area (Å²) in [4.78, 5) is 10.9. The van der Waals surface area contributed by atoms with Crippen LogP contribution in [0.1, 0.15) is 34.8 Å². The molecule has 1 heterocycles. The maximum Gasteiger partial charge on any atom is 0.335 e. The molecule has 0 saturated carbocycles. The maximum atomic E-state index is 10.9. The fourth-order valence-corrected chi connectivity index (χ4v) is 3.45. The number of carboxylic acids is 1. The number of hydrogen-bond donors (Lipinski definition) is 1. The molecular formula is C14H18O3S. The van der Waals surface area contributed by atoms with Gasteiger partial charge in [-0.1, -0.05) is 6.07 Å². The molecular weight excluding hydrogens is 248 g/mol. The largest absolute Gasteiger partial charge is 0.478 e. The molecule has 1 aliphatic rings. The molecule has 0 aromatic heterocycles. The number of carbonyl (C=O) groups is 1. The van der Waals surface area contributed by atoms with Gasteiger partial charge in [0, 0.05) is 17.6 Å². The van der Waals surface area contributed by atoms with E-state index in [1.165, 1.54) is 5.56 Å². The van der Waals surface area contributed by atoms with Crippen molar-refractivity contribution in [3.8, 4) is 0 Å². The Hall–Kier alpha value is -1.000. The van der Waals surface area contributed by atoms with Gasteiger partial charge in [0.05, 0.1) is 11.7 Å². The number of hydrogen-bond acceptors (Lipinski definition) is 3. The normalized spacial score (nSPS) is 23.2. The number of rotatable bonds is 4. The number of benzene rings is 1. The fourth-order valence-electron chi connectivity index (χ4n) is 2.12. The lowest BCUT2D eigenvalue weighted by molar-refractivity contribution is 0.0696. The molecule has 1 aromatic carbocycles. The molecule has 1 saturated heterocycles. The lowest BCUT2D eigenvalue weighted by Gasteiger charge is -2.14. The van der Waals surface area contributed by atoms with E-state index in [0.29, 0.717) is 16.9 Å². The standard InChI is InChI=1S/C14H18O3S/c1-9-7-11(14(15)16)3-4-12(9)8-18-13-5-6-17-10(13)2/h3-4,7,10,13H,5-6,8H2,1-2H3,(H,15,16). The molecule has 0 radical (unpaired) electrons. The Morgan fingerprint density at radius 1 is 1.56 bits per heavy atom. The number of aryl methyl sites for hydroxylation is 1. The van der Waals surface area contributed by atoms with Crippen molar-refractivity contribution in [2.45, 2.75) is 37.4 Å². The quantitative estimate of drug-likeness (QED) is 0.909.